The lowest BCUT2D eigenvalue weighted by molar-refractivity contribution is -0.138. The predicted molar refractivity (Wildman–Crippen MR) is 124 cm³/mol. The molecule has 2 atom stereocenters. The lowest BCUT2D eigenvalue weighted by atomic mass is 9.69. The Hall–Kier alpha value is -3.45. The highest BCUT2D eigenvalue weighted by molar-refractivity contribution is 5.79. The smallest absolute Gasteiger partial charge is 0.223 e. The molecule has 1 fully saturated rings. The second kappa shape index (κ2) is 9.36. The Bertz CT molecular complexity index is 1100. The molecule has 3 aromatic carbocycles. The van der Waals surface area contributed by atoms with Gasteiger partial charge >= 0.3 is 0 Å². The van der Waals surface area contributed by atoms with Crippen molar-refractivity contribution in [3.8, 4) is 17.2 Å². The zero-order valence-electron chi connectivity index (χ0n) is 18.3. The van der Waals surface area contributed by atoms with E-state index in [1.54, 1.807) is 12.1 Å². The van der Waals surface area contributed by atoms with E-state index in [1.165, 1.54) is 12.1 Å². The van der Waals surface area contributed by atoms with E-state index in [2.05, 4.69) is 25.1 Å². The van der Waals surface area contributed by atoms with Crippen LogP contribution < -0.4 is 0 Å². The van der Waals surface area contributed by atoms with Crippen molar-refractivity contribution in [2.75, 3.05) is 6.54 Å². The molecule has 1 aliphatic rings. The van der Waals surface area contributed by atoms with Gasteiger partial charge in [0.25, 0.3) is 0 Å². The average Bonchev–Trinajstić information content (AvgIpc) is 2.83. The molecule has 3 aromatic rings. The molecule has 4 heteroatoms. The van der Waals surface area contributed by atoms with Gasteiger partial charge in [-0.3, -0.25) is 4.79 Å². The maximum atomic E-state index is 13.3. The fourth-order valence-electron chi connectivity index (χ4n) is 4.82. The third-order valence-corrected chi connectivity index (χ3v) is 6.78. The van der Waals surface area contributed by atoms with Crippen LogP contribution in [0.1, 0.15) is 49.8 Å². The molecule has 0 aromatic heterocycles. The minimum absolute atomic E-state index is 0.0329. The monoisotopic (exact) mass is 426 g/mol. The van der Waals surface area contributed by atoms with Crippen LogP contribution in [0.3, 0.4) is 0 Å². The molecular formula is C28H27FN2O. The van der Waals surface area contributed by atoms with E-state index in [0.717, 1.165) is 28.7 Å². The summed E-state index contributed by atoms with van der Waals surface area (Å²) in [5.74, 6) is -0.114. The molecule has 0 saturated carbocycles. The van der Waals surface area contributed by atoms with Crippen LogP contribution >= 0.6 is 0 Å². The molecule has 0 spiro atoms. The van der Waals surface area contributed by atoms with Crippen molar-refractivity contribution in [3.05, 3.63) is 95.8 Å². The molecule has 0 unspecified atom stereocenters. The molecular weight excluding hydrogens is 399 g/mol. The number of amides is 1. The van der Waals surface area contributed by atoms with Crippen LogP contribution in [0, 0.1) is 17.1 Å². The van der Waals surface area contributed by atoms with Crippen LogP contribution in [-0.4, -0.2) is 17.4 Å². The fourth-order valence-corrected chi connectivity index (χ4v) is 4.82. The Morgan fingerprint density at radius 2 is 1.62 bits per heavy atom. The summed E-state index contributed by atoms with van der Waals surface area (Å²) in [6.45, 7) is 2.73. The first kappa shape index (κ1) is 21.8. The fraction of sp³-hybridized carbons (Fsp3) is 0.286. The minimum atomic E-state index is -0.267. The number of likely N-dealkylation sites (tertiary alicyclic amines) is 1. The Morgan fingerprint density at radius 1 is 1.00 bits per heavy atom. The number of benzene rings is 3. The Balaban J connectivity index is 1.51. The van der Waals surface area contributed by atoms with E-state index < -0.39 is 0 Å². The third kappa shape index (κ3) is 4.43. The normalized spacial score (nSPS) is 19.4. The molecule has 0 radical (unpaired) electrons. The van der Waals surface area contributed by atoms with Gasteiger partial charge in [0.1, 0.15) is 5.82 Å². The topological polar surface area (TPSA) is 44.1 Å². The summed E-state index contributed by atoms with van der Waals surface area (Å²) in [4.78, 5) is 15.2. The average molecular weight is 427 g/mol. The van der Waals surface area contributed by atoms with Gasteiger partial charge in [-0.25, -0.2) is 4.39 Å². The molecule has 1 aliphatic heterocycles. The molecule has 0 bridgehead atoms. The van der Waals surface area contributed by atoms with Crippen molar-refractivity contribution in [1.82, 2.24) is 4.90 Å². The Labute approximate surface area is 189 Å². The second-order valence-corrected chi connectivity index (χ2v) is 8.62. The van der Waals surface area contributed by atoms with Gasteiger partial charge in [0, 0.05) is 24.8 Å². The van der Waals surface area contributed by atoms with Gasteiger partial charge in [0.2, 0.25) is 5.91 Å². The van der Waals surface area contributed by atoms with E-state index >= 15 is 0 Å². The van der Waals surface area contributed by atoms with Crippen molar-refractivity contribution in [1.29, 1.82) is 5.26 Å². The summed E-state index contributed by atoms with van der Waals surface area (Å²) in [6, 6.07) is 27.0. The number of hydrogen-bond acceptors (Lipinski definition) is 2. The van der Waals surface area contributed by atoms with Gasteiger partial charge in [-0.15, -0.1) is 0 Å². The molecule has 3 nitrogen and oxygen atoms in total. The largest absolute Gasteiger partial charge is 0.336 e. The van der Waals surface area contributed by atoms with Crippen LogP contribution in [0.5, 0.6) is 0 Å². The maximum Gasteiger partial charge on any atom is 0.223 e. The summed E-state index contributed by atoms with van der Waals surface area (Å²) in [5.41, 5.74) is 3.94. The predicted octanol–water partition coefficient (Wildman–Crippen LogP) is 6.42. The molecule has 1 saturated heterocycles. The molecule has 32 heavy (non-hydrogen) atoms. The first-order valence-electron chi connectivity index (χ1n) is 11.1. The maximum absolute atomic E-state index is 13.3. The van der Waals surface area contributed by atoms with Gasteiger partial charge in [0.05, 0.1) is 12.1 Å². The third-order valence-electron chi connectivity index (χ3n) is 6.78. The van der Waals surface area contributed by atoms with E-state index in [4.69, 9.17) is 5.26 Å². The van der Waals surface area contributed by atoms with E-state index in [9.17, 15) is 9.18 Å². The molecule has 4 rings (SSSR count). The highest BCUT2D eigenvalue weighted by Gasteiger charge is 2.41. The van der Waals surface area contributed by atoms with Crippen LogP contribution in [0.25, 0.3) is 11.1 Å². The number of carbonyl (C=O) groups excluding carboxylic acids is 1. The first-order valence-corrected chi connectivity index (χ1v) is 11.1. The zero-order valence-corrected chi connectivity index (χ0v) is 18.3. The summed E-state index contributed by atoms with van der Waals surface area (Å²) in [7, 11) is 0. The molecule has 1 heterocycles. The molecule has 162 valence electrons. The van der Waals surface area contributed by atoms with Gasteiger partial charge in [0.15, 0.2) is 0 Å². The van der Waals surface area contributed by atoms with E-state index in [-0.39, 0.29) is 23.2 Å². The highest BCUT2D eigenvalue weighted by Crippen LogP contribution is 2.42. The number of nitriles is 1. The molecule has 0 N–H and O–H groups in total. The minimum Gasteiger partial charge on any atom is -0.336 e. The second-order valence-electron chi connectivity index (χ2n) is 8.62. The SMILES string of the molecule is C[C@@H](c1ccc(-c2ccc(F)cc2)cc1)N1CC[C@@](CCC#N)(c2ccccc2)CC1=O. The van der Waals surface area contributed by atoms with Crippen molar-refractivity contribution in [2.24, 2.45) is 0 Å². The number of rotatable bonds is 6. The lowest BCUT2D eigenvalue weighted by Gasteiger charge is -2.44. The number of hydrogen-bond donors (Lipinski definition) is 0. The zero-order chi connectivity index (χ0) is 22.6. The number of nitrogens with zero attached hydrogens (tertiary/aromatic N) is 2. The van der Waals surface area contributed by atoms with E-state index in [1.807, 2.05) is 47.4 Å². The van der Waals surface area contributed by atoms with Gasteiger partial charge in [-0.2, -0.15) is 5.26 Å². The summed E-state index contributed by atoms with van der Waals surface area (Å²) >= 11 is 0. The number of piperidine rings is 1. The van der Waals surface area contributed by atoms with Gasteiger partial charge in [-0.1, -0.05) is 66.7 Å². The van der Waals surface area contributed by atoms with E-state index in [0.29, 0.717) is 25.8 Å². The van der Waals surface area contributed by atoms with Crippen molar-refractivity contribution >= 4 is 5.91 Å². The quantitative estimate of drug-likeness (QED) is 0.457. The van der Waals surface area contributed by atoms with Crippen molar-refractivity contribution in [2.45, 2.75) is 44.1 Å². The van der Waals surface area contributed by atoms with Crippen LogP contribution in [0.2, 0.25) is 0 Å². The molecule has 1 amide bonds. The summed E-state index contributed by atoms with van der Waals surface area (Å²) in [5, 5.41) is 9.17. The van der Waals surface area contributed by atoms with Crippen LogP contribution in [0.15, 0.2) is 78.9 Å². The highest BCUT2D eigenvalue weighted by atomic mass is 19.1. The first-order chi connectivity index (χ1) is 15.5. The van der Waals surface area contributed by atoms with Crippen LogP contribution in [0.4, 0.5) is 4.39 Å². The van der Waals surface area contributed by atoms with Crippen LogP contribution in [-0.2, 0) is 10.2 Å². The Kier molecular flexibility index (Phi) is 6.37. The standard InChI is InChI=1S/C28H27FN2O/c1-21(22-8-10-23(11-9-22)24-12-14-26(29)15-13-24)31-19-17-28(16-5-18-30,20-27(31)32)25-6-3-2-4-7-25/h2-4,6-15,21H,5,16-17,19-20H2,1H3/t21-,28+/m0/s1. The van der Waals surface area contributed by atoms with Crippen molar-refractivity contribution in [3.63, 3.8) is 0 Å². The lowest BCUT2D eigenvalue weighted by Crippen LogP contribution is -2.47. The van der Waals surface area contributed by atoms with Crippen molar-refractivity contribution < 1.29 is 9.18 Å². The Morgan fingerprint density at radius 3 is 2.22 bits per heavy atom. The summed E-state index contributed by atoms with van der Waals surface area (Å²) < 4.78 is 13.2. The molecule has 0 aliphatic carbocycles. The number of carbonyl (C=O) groups is 1. The van der Waals surface area contributed by atoms with Gasteiger partial charge < -0.3 is 4.90 Å². The summed E-state index contributed by atoms with van der Waals surface area (Å²) in [6.07, 6.45) is 2.43. The number of halogens is 1. The van der Waals surface area contributed by atoms with Gasteiger partial charge in [-0.05, 0) is 54.2 Å².